The van der Waals surface area contributed by atoms with Crippen LogP contribution in [0.1, 0.15) is 17.7 Å². The third kappa shape index (κ3) is 1.66. The van der Waals surface area contributed by atoms with Crippen LogP contribution in [0.15, 0.2) is 47.1 Å². The predicted octanol–water partition coefficient (Wildman–Crippen LogP) is 3.15. The molecule has 1 atom stereocenters. The number of para-hydroxylation sites is 1. The summed E-state index contributed by atoms with van der Waals surface area (Å²) < 4.78 is 6.33. The van der Waals surface area contributed by atoms with Crippen LogP contribution in [-0.2, 0) is 5.60 Å². The highest BCUT2D eigenvalue weighted by Crippen LogP contribution is 2.34. The molecule has 2 aromatic heterocycles. The Hall–Kier alpha value is -1.65. The van der Waals surface area contributed by atoms with Crippen molar-refractivity contribution in [2.45, 2.75) is 12.5 Å². The van der Waals surface area contributed by atoms with Crippen molar-refractivity contribution in [3.63, 3.8) is 0 Å². The minimum absolute atomic E-state index is 0.511. The molecule has 0 amide bonds. The summed E-state index contributed by atoms with van der Waals surface area (Å²) in [6.07, 6.45) is 1.55. The van der Waals surface area contributed by atoms with Crippen LogP contribution in [0.25, 0.3) is 10.2 Å². The van der Waals surface area contributed by atoms with Crippen molar-refractivity contribution in [3.8, 4) is 0 Å². The van der Waals surface area contributed by atoms with Crippen LogP contribution in [0, 0.1) is 0 Å². The molecule has 0 fully saturated rings. The standard InChI is InChI=1S/C13H11NO2S/c1-13(15,11-7-4-8-16-11)12-14-9-5-2-3-6-10(9)17-12/h2-8,15H,1H3/t13-/m1/s1. The number of benzene rings is 1. The molecule has 0 spiro atoms. The zero-order valence-electron chi connectivity index (χ0n) is 9.25. The van der Waals surface area contributed by atoms with Crippen LogP contribution in [0.5, 0.6) is 0 Å². The van der Waals surface area contributed by atoms with Crippen LogP contribution < -0.4 is 0 Å². The summed E-state index contributed by atoms with van der Waals surface area (Å²) in [5.41, 5.74) is -0.271. The summed E-state index contributed by atoms with van der Waals surface area (Å²) in [5.74, 6) is 0.511. The predicted molar refractivity (Wildman–Crippen MR) is 67.0 cm³/mol. The third-order valence-electron chi connectivity index (χ3n) is 2.71. The summed E-state index contributed by atoms with van der Waals surface area (Å²) in [7, 11) is 0. The zero-order chi connectivity index (χ0) is 11.9. The van der Waals surface area contributed by atoms with E-state index in [1.807, 2.05) is 24.3 Å². The Labute approximate surface area is 102 Å². The van der Waals surface area contributed by atoms with Crippen molar-refractivity contribution in [1.82, 2.24) is 4.98 Å². The lowest BCUT2D eigenvalue weighted by molar-refractivity contribution is 0.0766. The molecule has 0 unspecified atom stereocenters. The molecular formula is C13H11NO2S. The average molecular weight is 245 g/mol. The minimum Gasteiger partial charge on any atom is -0.466 e. The Balaban J connectivity index is 2.15. The lowest BCUT2D eigenvalue weighted by Gasteiger charge is -2.17. The molecule has 3 rings (SSSR count). The first-order valence-electron chi connectivity index (χ1n) is 5.30. The molecule has 0 aliphatic heterocycles. The van der Waals surface area contributed by atoms with Gasteiger partial charge in [0.2, 0.25) is 0 Å². The molecule has 3 nitrogen and oxygen atoms in total. The number of furan rings is 1. The van der Waals surface area contributed by atoms with Gasteiger partial charge in [0, 0.05) is 0 Å². The molecule has 0 saturated heterocycles. The van der Waals surface area contributed by atoms with Gasteiger partial charge in [0.15, 0.2) is 5.60 Å². The number of aromatic nitrogens is 1. The third-order valence-corrected chi connectivity index (χ3v) is 3.96. The molecule has 1 aromatic carbocycles. The van der Waals surface area contributed by atoms with Crippen molar-refractivity contribution in [2.24, 2.45) is 0 Å². The molecule has 2 heterocycles. The zero-order valence-corrected chi connectivity index (χ0v) is 10.1. The first kappa shape index (κ1) is 10.5. The Bertz CT molecular complexity index is 607. The highest BCUT2D eigenvalue weighted by molar-refractivity contribution is 7.18. The monoisotopic (exact) mass is 245 g/mol. The molecule has 86 valence electrons. The second-order valence-electron chi connectivity index (χ2n) is 4.04. The van der Waals surface area contributed by atoms with Gasteiger partial charge < -0.3 is 9.52 Å². The lowest BCUT2D eigenvalue weighted by atomic mass is 10.1. The molecule has 0 bridgehead atoms. The van der Waals surface area contributed by atoms with Gasteiger partial charge in [0.1, 0.15) is 10.8 Å². The van der Waals surface area contributed by atoms with E-state index in [1.165, 1.54) is 11.3 Å². The van der Waals surface area contributed by atoms with E-state index in [-0.39, 0.29) is 0 Å². The smallest absolute Gasteiger partial charge is 0.170 e. The van der Waals surface area contributed by atoms with E-state index in [1.54, 1.807) is 25.3 Å². The topological polar surface area (TPSA) is 46.3 Å². The van der Waals surface area contributed by atoms with Gasteiger partial charge in [-0.25, -0.2) is 4.98 Å². The van der Waals surface area contributed by atoms with Gasteiger partial charge >= 0.3 is 0 Å². The van der Waals surface area contributed by atoms with E-state index in [9.17, 15) is 5.11 Å². The van der Waals surface area contributed by atoms with E-state index in [0.29, 0.717) is 10.8 Å². The Kier molecular flexibility index (Phi) is 2.28. The van der Waals surface area contributed by atoms with Gasteiger partial charge in [-0.05, 0) is 31.2 Å². The van der Waals surface area contributed by atoms with Gasteiger partial charge in [-0.2, -0.15) is 0 Å². The van der Waals surface area contributed by atoms with Crippen molar-refractivity contribution >= 4 is 21.6 Å². The number of fused-ring (bicyclic) bond motifs is 1. The second-order valence-corrected chi connectivity index (χ2v) is 5.07. The summed E-state index contributed by atoms with van der Waals surface area (Å²) in [6.45, 7) is 1.70. The van der Waals surface area contributed by atoms with Crippen LogP contribution in [-0.4, -0.2) is 10.1 Å². The Morgan fingerprint density at radius 3 is 2.76 bits per heavy atom. The summed E-state index contributed by atoms with van der Waals surface area (Å²) in [5, 5.41) is 11.1. The summed E-state index contributed by atoms with van der Waals surface area (Å²) >= 11 is 1.48. The quantitative estimate of drug-likeness (QED) is 0.754. The molecule has 0 saturated carbocycles. The van der Waals surface area contributed by atoms with E-state index >= 15 is 0 Å². The van der Waals surface area contributed by atoms with Gasteiger partial charge in [0.05, 0.1) is 16.5 Å². The highest BCUT2D eigenvalue weighted by Gasteiger charge is 2.32. The van der Waals surface area contributed by atoms with Gasteiger partial charge in [0.25, 0.3) is 0 Å². The normalized spacial score (nSPS) is 14.9. The van der Waals surface area contributed by atoms with Gasteiger partial charge in [-0.1, -0.05) is 12.1 Å². The van der Waals surface area contributed by atoms with Crippen molar-refractivity contribution in [1.29, 1.82) is 0 Å². The van der Waals surface area contributed by atoms with Crippen LogP contribution in [0.3, 0.4) is 0 Å². The first-order chi connectivity index (χ1) is 8.18. The van der Waals surface area contributed by atoms with Crippen LogP contribution in [0.4, 0.5) is 0 Å². The fourth-order valence-corrected chi connectivity index (χ4v) is 2.76. The second kappa shape index (κ2) is 3.68. The highest BCUT2D eigenvalue weighted by atomic mass is 32.1. The minimum atomic E-state index is -1.17. The molecule has 4 heteroatoms. The maximum atomic E-state index is 10.5. The molecule has 0 radical (unpaired) electrons. The maximum absolute atomic E-state index is 10.5. The molecule has 17 heavy (non-hydrogen) atoms. The largest absolute Gasteiger partial charge is 0.466 e. The lowest BCUT2D eigenvalue weighted by Crippen LogP contribution is -2.21. The maximum Gasteiger partial charge on any atom is 0.170 e. The van der Waals surface area contributed by atoms with Crippen molar-refractivity contribution in [2.75, 3.05) is 0 Å². The SMILES string of the molecule is C[C@@](O)(c1ccco1)c1nc2ccccc2s1. The molecule has 1 N–H and O–H groups in total. The molecular weight excluding hydrogens is 234 g/mol. The first-order valence-corrected chi connectivity index (χ1v) is 6.12. The van der Waals surface area contributed by atoms with E-state index in [2.05, 4.69) is 4.98 Å². The van der Waals surface area contributed by atoms with E-state index < -0.39 is 5.60 Å². The average Bonchev–Trinajstić information content (AvgIpc) is 2.98. The summed E-state index contributed by atoms with van der Waals surface area (Å²) in [6, 6.07) is 11.4. The number of nitrogens with zero attached hydrogens (tertiary/aromatic N) is 1. The fraction of sp³-hybridized carbons (Fsp3) is 0.154. The molecule has 3 aromatic rings. The van der Waals surface area contributed by atoms with Crippen molar-refractivity contribution < 1.29 is 9.52 Å². The Morgan fingerprint density at radius 2 is 2.06 bits per heavy atom. The number of rotatable bonds is 2. The molecule has 0 aliphatic carbocycles. The fourth-order valence-electron chi connectivity index (χ4n) is 1.74. The van der Waals surface area contributed by atoms with Crippen LogP contribution in [0.2, 0.25) is 0 Å². The van der Waals surface area contributed by atoms with E-state index in [4.69, 9.17) is 4.42 Å². The number of hydrogen-bond donors (Lipinski definition) is 1. The van der Waals surface area contributed by atoms with Crippen LogP contribution >= 0.6 is 11.3 Å². The Morgan fingerprint density at radius 1 is 1.24 bits per heavy atom. The summed E-state index contributed by atoms with van der Waals surface area (Å²) in [4.78, 5) is 4.45. The van der Waals surface area contributed by atoms with E-state index in [0.717, 1.165) is 10.2 Å². The van der Waals surface area contributed by atoms with Gasteiger partial charge in [-0.3, -0.25) is 0 Å². The number of thiazole rings is 1. The number of hydrogen-bond acceptors (Lipinski definition) is 4. The van der Waals surface area contributed by atoms with Crippen molar-refractivity contribution in [3.05, 3.63) is 53.4 Å². The van der Waals surface area contributed by atoms with Gasteiger partial charge in [-0.15, -0.1) is 11.3 Å². The number of aliphatic hydroxyl groups is 1. The molecule has 0 aliphatic rings.